The van der Waals surface area contributed by atoms with E-state index >= 15 is 0 Å². The lowest BCUT2D eigenvalue weighted by atomic mass is 10.9. The molecule has 0 fully saturated rings. The van der Waals surface area contributed by atoms with Crippen molar-refractivity contribution in [2.75, 3.05) is 11.6 Å². The Morgan fingerprint density at radius 1 is 1.85 bits per heavy atom. The van der Waals surface area contributed by atoms with Gasteiger partial charge in [-0.15, -0.1) is 22.0 Å². The molecule has 13 heavy (non-hydrogen) atoms. The van der Waals surface area contributed by atoms with Crippen molar-refractivity contribution >= 4 is 34.3 Å². The first-order valence-corrected chi connectivity index (χ1v) is 5.44. The smallest absolute Gasteiger partial charge is 0.406 e. The molecule has 1 heterocycles. The van der Waals surface area contributed by atoms with Gasteiger partial charge in [0, 0.05) is 0 Å². The molecule has 0 aromatic carbocycles. The van der Waals surface area contributed by atoms with Gasteiger partial charge >= 0.3 is 6.09 Å². The molecule has 0 saturated carbocycles. The van der Waals surface area contributed by atoms with Crippen LogP contribution in [0, 0.1) is 0 Å². The zero-order valence-electron chi connectivity index (χ0n) is 6.72. The van der Waals surface area contributed by atoms with E-state index in [1.165, 1.54) is 23.1 Å². The molecule has 8 heteroatoms. The van der Waals surface area contributed by atoms with Gasteiger partial charge in [-0.1, -0.05) is 11.3 Å². The maximum atomic E-state index is 10.3. The minimum atomic E-state index is -1.07. The van der Waals surface area contributed by atoms with Gasteiger partial charge in [0.05, 0.1) is 0 Å². The largest absolute Gasteiger partial charge is 0.465 e. The van der Waals surface area contributed by atoms with Crippen LogP contribution in [0.5, 0.6) is 0 Å². The molecule has 0 spiro atoms. The molecule has 3 N–H and O–H groups in total. The van der Waals surface area contributed by atoms with Crippen LogP contribution in [0.25, 0.3) is 0 Å². The lowest BCUT2D eigenvalue weighted by Crippen LogP contribution is -2.36. The minimum absolute atomic E-state index is 0.398. The van der Waals surface area contributed by atoms with E-state index in [-0.39, 0.29) is 0 Å². The number of rotatable bonds is 4. The summed E-state index contributed by atoms with van der Waals surface area (Å²) >= 11 is 2.65. The van der Waals surface area contributed by atoms with Crippen LogP contribution in [0.15, 0.2) is 5.51 Å². The summed E-state index contributed by atoms with van der Waals surface area (Å²) in [6.07, 6.45) is 0.714. The average Bonchev–Trinajstić information content (AvgIpc) is 2.55. The Hall–Kier alpha value is -1.02. The monoisotopic (exact) mass is 220 g/mol. The van der Waals surface area contributed by atoms with Crippen molar-refractivity contribution in [2.45, 2.75) is 5.50 Å². The Morgan fingerprint density at radius 2 is 2.62 bits per heavy atom. The van der Waals surface area contributed by atoms with Crippen LogP contribution in [0.2, 0.25) is 0 Å². The van der Waals surface area contributed by atoms with E-state index in [1.807, 2.05) is 0 Å². The van der Waals surface area contributed by atoms with Gasteiger partial charge in [0.15, 0.2) is 5.50 Å². The molecule has 0 bridgehead atoms. The third-order valence-electron chi connectivity index (χ3n) is 1.10. The van der Waals surface area contributed by atoms with Crippen molar-refractivity contribution in [3.05, 3.63) is 5.51 Å². The van der Waals surface area contributed by atoms with Crippen molar-refractivity contribution in [2.24, 2.45) is 0 Å². The Labute approximate surface area is 82.8 Å². The molecule has 1 aromatic heterocycles. The lowest BCUT2D eigenvalue weighted by Gasteiger charge is -2.14. The molecule has 72 valence electrons. The van der Waals surface area contributed by atoms with E-state index in [2.05, 4.69) is 20.8 Å². The molecular weight excluding hydrogens is 212 g/mol. The van der Waals surface area contributed by atoms with Gasteiger partial charge in [-0.3, -0.25) is 5.32 Å². The van der Waals surface area contributed by atoms with Crippen LogP contribution < -0.4 is 10.6 Å². The number of aromatic nitrogens is 2. The van der Waals surface area contributed by atoms with Crippen molar-refractivity contribution in [3.63, 3.8) is 0 Å². The van der Waals surface area contributed by atoms with Crippen LogP contribution >= 0.6 is 23.1 Å². The standard InChI is InChI=1S/C5H8N4O2S2/c1-12-3(8-5(10)11)7-4-9-6-2-13-4/h2-3,8H,1H3,(H,7,9)(H,10,11). The second-order valence-electron chi connectivity index (χ2n) is 1.95. The van der Waals surface area contributed by atoms with Gasteiger partial charge < -0.3 is 10.4 Å². The highest BCUT2D eigenvalue weighted by molar-refractivity contribution is 7.99. The van der Waals surface area contributed by atoms with Crippen LogP contribution in [0.4, 0.5) is 9.93 Å². The molecule has 1 amide bonds. The summed E-state index contributed by atoms with van der Waals surface area (Å²) in [6.45, 7) is 0. The van der Waals surface area contributed by atoms with Crippen molar-refractivity contribution in [1.82, 2.24) is 15.5 Å². The molecular formula is C5H8N4O2S2. The Morgan fingerprint density at radius 3 is 3.08 bits per heavy atom. The fourth-order valence-electron chi connectivity index (χ4n) is 0.614. The number of amides is 1. The summed E-state index contributed by atoms with van der Waals surface area (Å²) in [5, 5.41) is 21.5. The van der Waals surface area contributed by atoms with Gasteiger partial charge in [-0.2, -0.15) is 0 Å². The number of carboxylic acid groups (broad SMARTS) is 1. The van der Waals surface area contributed by atoms with Gasteiger partial charge in [0.2, 0.25) is 5.13 Å². The molecule has 0 aliphatic heterocycles. The molecule has 0 saturated heterocycles. The first kappa shape index (κ1) is 10.1. The number of anilines is 1. The second-order valence-corrected chi connectivity index (χ2v) is 3.73. The van der Waals surface area contributed by atoms with Gasteiger partial charge in [0.25, 0.3) is 0 Å². The zero-order valence-corrected chi connectivity index (χ0v) is 8.35. The fourth-order valence-corrected chi connectivity index (χ4v) is 1.61. The predicted molar refractivity (Wildman–Crippen MR) is 52.0 cm³/mol. The number of hydrogen-bond acceptors (Lipinski definition) is 6. The third kappa shape index (κ3) is 3.47. The summed E-state index contributed by atoms with van der Waals surface area (Å²) in [5.41, 5.74) is 1.17. The van der Waals surface area contributed by atoms with Crippen molar-refractivity contribution < 1.29 is 9.90 Å². The van der Waals surface area contributed by atoms with Crippen LogP contribution in [0.1, 0.15) is 0 Å². The SMILES string of the molecule is CSC(NC(=O)O)Nc1nncs1. The van der Waals surface area contributed by atoms with E-state index < -0.39 is 11.6 Å². The van der Waals surface area contributed by atoms with Gasteiger partial charge in [-0.05, 0) is 6.26 Å². The van der Waals surface area contributed by atoms with Gasteiger partial charge in [-0.25, -0.2) is 4.79 Å². The average molecular weight is 220 g/mol. The van der Waals surface area contributed by atoms with Crippen LogP contribution in [-0.4, -0.2) is 33.2 Å². The Kier molecular flexibility index (Phi) is 3.77. The zero-order chi connectivity index (χ0) is 9.68. The van der Waals surface area contributed by atoms with Crippen molar-refractivity contribution in [1.29, 1.82) is 0 Å². The first-order valence-electron chi connectivity index (χ1n) is 3.27. The first-order chi connectivity index (χ1) is 6.22. The van der Waals surface area contributed by atoms with Crippen LogP contribution in [0.3, 0.4) is 0 Å². The van der Waals surface area contributed by atoms with E-state index in [9.17, 15) is 4.79 Å². The molecule has 1 atom stereocenters. The highest BCUT2D eigenvalue weighted by Crippen LogP contribution is 2.12. The van der Waals surface area contributed by atoms with E-state index in [4.69, 9.17) is 5.11 Å². The number of hydrogen-bond donors (Lipinski definition) is 3. The summed E-state index contributed by atoms with van der Waals surface area (Å²) < 4.78 is 0. The van der Waals surface area contributed by atoms with E-state index in [0.717, 1.165) is 0 Å². The fraction of sp³-hybridized carbons (Fsp3) is 0.400. The molecule has 1 unspecified atom stereocenters. The summed E-state index contributed by atoms with van der Waals surface area (Å²) in [5.74, 6) is 0. The topological polar surface area (TPSA) is 87.1 Å². The third-order valence-corrected chi connectivity index (χ3v) is 2.43. The maximum Gasteiger partial charge on any atom is 0.406 e. The molecule has 0 aliphatic rings. The molecule has 0 radical (unpaired) electrons. The van der Waals surface area contributed by atoms with E-state index in [0.29, 0.717) is 5.13 Å². The maximum absolute atomic E-state index is 10.3. The molecule has 1 rings (SSSR count). The predicted octanol–water partition coefficient (Wildman–Crippen LogP) is 0.864. The van der Waals surface area contributed by atoms with Crippen molar-refractivity contribution in [3.8, 4) is 0 Å². The lowest BCUT2D eigenvalue weighted by molar-refractivity contribution is 0.194. The highest BCUT2D eigenvalue weighted by Gasteiger charge is 2.09. The molecule has 0 aliphatic carbocycles. The summed E-state index contributed by atoms with van der Waals surface area (Å²) in [4.78, 5) is 10.3. The highest BCUT2D eigenvalue weighted by atomic mass is 32.2. The quantitative estimate of drug-likeness (QED) is 0.652. The summed E-state index contributed by atoms with van der Waals surface area (Å²) in [6, 6.07) is 0. The molecule has 1 aromatic rings. The number of thioether (sulfide) groups is 1. The van der Waals surface area contributed by atoms with E-state index in [1.54, 1.807) is 11.8 Å². The number of nitrogens with zero attached hydrogens (tertiary/aromatic N) is 2. The molecule has 6 nitrogen and oxygen atoms in total. The summed E-state index contributed by atoms with van der Waals surface area (Å²) in [7, 11) is 0. The van der Waals surface area contributed by atoms with Gasteiger partial charge in [0.1, 0.15) is 5.51 Å². The number of nitrogens with one attached hydrogen (secondary N) is 2. The normalized spacial score (nSPS) is 12.1. The Bertz CT molecular complexity index is 266. The minimum Gasteiger partial charge on any atom is -0.465 e. The Balaban J connectivity index is 2.45. The number of carbonyl (C=O) groups is 1. The van der Waals surface area contributed by atoms with Crippen LogP contribution in [-0.2, 0) is 0 Å². The second kappa shape index (κ2) is 4.87.